The maximum atomic E-state index is 4.52. The van der Waals surface area contributed by atoms with Crippen molar-refractivity contribution in [2.24, 2.45) is 10.9 Å². The molecule has 0 spiro atoms. The molecule has 2 unspecified atom stereocenters. The quantitative estimate of drug-likeness (QED) is 0.460. The summed E-state index contributed by atoms with van der Waals surface area (Å²) in [7, 11) is 1.89. The highest BCUT2D eigenvalue weighted by molar-refractivity contribution is 5.80. The number of nitrogens with one attached hydrogen (secondary N) is 1. The van der Waals surface area contributed by atoms with Crippen LogP contribution in [0.4, 0.5) is 0 Å². The summed E-state index contributed by atoms with van der Waals surface area (Å²) in [4.78, 5) is 11.1. The zero-order chi connectivity index (χ0) is 18.9. The van der Waals surface area contributed by atoms with Gasteiger partial charge in [-0.1, -0.05) is 43.7 Å². The molecule has 27 heavy (non-hydrogen) atoms. The van der Waals surface area contributed by atoms with E-state index in [2.05, 4.69) is 68.2 Å². The van der Waals surface area contributed by atoms with E-state index in [1.165, 1.54) is 37.7 Å². The first-order valence-corrected chi connectivity index (χ1v) is 10.2. The second-order valence-corrected chi connectivity index (χ2v) is 7.56. The van der Waals surface area contributed by atoms with Crippen molar-refractivity contribution < 1.29 is 0 Å². The number of benzene rings is 1. The van der Waals surface area contributed by atoms with Gasteiger partial charge in [-0.3, -0.25) is 4.99 Å². The molecule has 5 heteroatoms. The molecule has 5 nitrogen and oxygen atoms in total. The number of likely N-dealkylation sites (tertiary alicyclic amines) is 1. The maximum absolute atomic E-state index is 4.52. The Balaban J connectivity index is 1.39. The number of aliphatic imine (C=N–C) groups is 1. The van der Waals surface area contributed by atoms with E-state index in [0.29, 0.717) is 12.0 Å². The van der Waals surface area contributed by atoms with Crippen LogP contribution in [0.3, 0.4) is 0 Å². The van der Waals surface area contributed by atoms with E-state index in [1.807, 2.05) is 19.6 Å². The summed E-state index contributed by atoms with van der Waals surface area (Å²) >= 11 is 0. The highest BCUT2D eigenvalue weighted by Gasteiger charge is 2.28. The van der Waals surface area contributed by atoms with Crippen LogP contribution in [-0.4, -0.2) is 47.1 Å². The minimum absolute atomic E-state index is 0.464. The number of hydrogen-bond acceptors (Lipinski definition) is 2. The van der Waals surface area contributed by atoms with Crippen LogP contribution < -0.4 is 5.32 Å². The van der Waals surface area contributed by atoms with Crippen LogP contribution >= 0.6 is 0 Å². The third kappa shape index (κ3) is 5.59. The minimum atomic E-state index is 0.464. The molecule has 1 aliphatic heterocycles. The fourth-order valence-corrected chi connectivity index (χ4v) is 3.90. The lowest BCUT2D eigenvalue weighted by Crippen LogP contribution is -2.49. The first-order valence-electron chi connectivity index (χ1n) is 10.2. The zero-order valence-electron chi connectivity index (χ0n) is 16.7. The van der Waals surface area contributed by atoms with E-state index in [9.17, 15) is 0 Å². The Morgan fingerprint density at radius 1 is 1.22 bits per heavy atom. The molecule has 2 aromatic rings. The molecule has 0 amide bonds. The maximum Gasteiger partial charge on any atom is 0.193 e. The number of nitrogens with zero attached hydrogens (tertiary/aromatic N) is 4. The molecule has 2 atom stereocenters. The first kappa shape index (κ1) is 19.5. The highest BCUT2D eigenvalue weighted by Crippen LogP contribution is 2.27. The summed E-state index contributed by atoms with van der Waals surface area (Å²) < 4.78 is 2.24. The molecule has 1 aliphatic rings. The Labute approximate surface area is 163 Å². The van der Waals surface area contributed by atoms with Crippen LogP contribution in [-0.2, 0) is 6.42 Å². The van der Waals surface area contributed by atoms with Crippen molar-refractivity contribution in [2.75, 3.05) is 26.7 Å². The number of rotatable bonds is 7. The van der Waals surface area contributed by atoms with Crippen molar-refractivity contribution in [3.8, 4) is 0 Å². The molecule has 0 saturated carbocycles. The Morgan fingerprint density at radius 2 is 2.07 bits per heavy atom. The molecule has 146 valence electrons. The highest BCUT2D eigenvalue weighted by atomic mass is 15.3. The average Bonchev–Trinajstić information content (AvgIpc) is 3.23. The van der Waals surface area contributed by atoms with Crippen LogP contribution in [0, 0.1) is 5.92 Å². The number of hydrogen-bond donors (Lipinski definition) is 1. The normalized spacial score (nSPS) is 20.7. The molecule has 0 bridgehead atoms. The fraction of sp³-hybridized carbons (Fsp3) is 0.545. The van der Waals surface area contributed by atoms with E-state index in [4.69, 9.17) is 0 Å². The fourth-order valence-electron chi connectivity index (χ4n) is 3.90. The average molecular weight is 368 g/mol. The SMILES string of the molecule is CN=C(NCCCCCc1ccccc1)N1CCC(C)C(n2ccnc2)C1. The predicted octanol–water partition coefficient (Wildman–Crippen LogP) is 3.75. The van der Waals surface area contributed by atoms with Gasteiger partial charge in [0.1, 0.15) is 0 Å². The number of guanidine groups is 1. The van der Waals surface area contributed by atoms with Gasteiger partial charge in [0, 0.05) is 39.1 Å². The Hall–Kier alpha value is -2.30. The minimum Gasteiger partial charge on any atom is -0.356 e. The van der Waals surface area contributed by atoms with Gasteiger partial charge < -0.3 is 14.8 Å². The predicted molar refractivity (Wildman–Crippen MR) is 112 cm³/mol. The molecular weight excluding hydrogens is 334 g/mol. The van der Waals surface area contributed by atoms with Gasteiger partial charge in [-0.05, 0) is 37.2 Å². The monoisotopic (exact) mass is 367 g/mol. The molecule has 1 aromatic heterocycles. The van der Waals surface area contributed by atoms with Crippen LogP contribution in [0.25, 0.3) is 0 Å². The van der Waals surface area contributed by atoms with Gasteiger partial charge >= 0.3 is 0 Å². The van der Waals surface area contributed by atoms with E-state index >= 15 is 0 Å². The summed E-state index contributed by atoms with van der Waals surface area (Å²) in [5.41, 5.74) is 1.44. The van der Waals surface area contributed by atoms with Crippen LogP contribution in [0.2, 0.25) is 0 Å². The van der Waals surface area contributed by atoms with Crippen molar-refractivity contribution in [3.05, 3.63) is 54.6 Å². The van der Waals surface area contributed by atoms with Crippen molar-refractivity contribution in [2.45, 2.75) is 45.1 Å². The summed E-state index contributed by atoms with van der Waals surface area (Å²) in [5, 5.41) is 3.57. The summed E-state index contributed by atoms with van der Waals surface area (Å²) in [6.07, 6.45) is 11.9. The van der Waals surface area contributed by atoms with Gasteiger partial charge in [0.25, 0.3) is 0 Å². The van der Waals surface area contributed by atoms with Crippen molar-refractivity contribution >= 4 is 5.96 Å². The summed E-state index contributed by atoms with van der Waals surface area (Å²) in [6, 6.07) is 11.2. The molecule has 2 heterocycles. The van der Waals surface area contributed by atoms with Gasteiger partial charge in [0.05, 0.1) is 12.4 Å². The van der Waals surface area contributed by atoms with Gasteiger partial charge in [-0.15, -0.1) is 0 Å². The third-order valence-electron chi connectivity index (χ3n) is 5.61. The largest absolute Gasteiger partial charge is 0.356 e. The lowest BCUT2D eigenvalue weighted by molar-refractivity contribution is 0.189. The van der Waals surface area contributed by atoms with E-state index in [-0.39, 0.29) is 0 Å². The van der Waals surface area contributed by atoms with Crippen LogP contribution in [0.1, 0.15) is 44.2 Å². The molecule has 0 radical (unpaired) electrons. The summed E-state index contributed by atoms with van der Waals surface area (Å²) in [6.45, 7) is 5.39. The van der Waals surface area contributed by atoms with E-state index in [1.54, 1.807) is 0 Å². The lowest BCUT2D eigenvalue weighted by Gasteiger charge is -2.39. The molecule has 1 N–H and O–H groups in total. The van der Waals surface area contributed by atoms with Gasteiger partial charge in [-0.25, -0.2) is 4.98 Å². The molecule has 3 rings (SSSR count). The van der Waals surface area contributed by atoms with Gasteiger partial charge in [-0.2, -0.15) is 0 Å². The second kappa shape index (κ2) is 10.1. The third-order valence-corrected chi connectivity index (χ3v) is 5.61. The van der Waals surface area contributed by atoms with Crippen molar-refractivity contribution in [3.63, 3.8) is 0 Å². The number of aromatic nitrogens is 2. The number of unbranched alkanes of at least 4 members (excludes halogenated alkanes) is 2. The van der Waals surface area contributed by atoms with Crippen LogP contribution in [0.5, 0.6) is 0 Å². The standard InChI is InChI=1S/C22H33N5/c1-19-12-15-26(17-21(19)27-16-14-24-18-27)22(23-2)25-13-8-4-7-11-20-9-5-3-6-10-20/h3,5-6,9-10,14,16,18-19,21H,4,7-8,11-13,15,17H2,1-2H3,(H,23,25). The number of imidazole rings is 1. The van der Waals surface area contributed by atoms with Crippen molar-refractivity contribution in [1.82, 2.24) is 19.8 Å². The number of piperidine rings is 1. The van der Waals surface area contributed by atoms with E-state index in [0.717, 1.165) is 25.6 Å². The Bertz CT molecular complexity index is 680. The molecule has 1 aromatic carbocycles. The summed E-state index contributed by atoms with van der Waals surface area (Å²) in [5.74, 6) is 1.70. The molecular formula is C22H33N5. The smallest absolute Gasteiger partial charge is 0.193 e. The lowest BCUT2D eigenvalue weighted by atomic mass is 9.93. The van der Waals surface area contributed by atoms with Crippen LogP contribution in [0.15, 0.2) is 54.0 Å². The Morgan fingerprint density at radius 3 is 2.81 bits per heavy atom. The molecule has 0 aliphatic carbocycles. The second-order valence-electron chi connectivity index (χ2n) is 7.56. The van der Waals surface area contributed by atoms with Crippen molar-refractivity contribution in [1.29, 1.82) is 0 Å². The molecule has 1 saturated heterocycles. The Kier molecular flexibility index (Phi) is 7.31. The van der Waals surface area contributed by atoms with Gasteiger partial charge in [0.15, 0.2) is 5.96 Å². The van der Waals surface area contributed by atoms with E-state index < -0.39 is 0 Å². The number of aryl methyl sites for hydroxylation is 1. The first-order chi connectivity index (χ1) is 13.3. The topological polar surface area (TPSA) is 45.5 Å². The molecule has 1 fully saturated rings. The zero-order valence-corrected chi connectivity index (χ0v) is 16.7. The van der Waals surface area contributed by atoms with Gasteiger partial charge in [0.2, 0.25) is 0 Å².